The first-order valence-corrected chi connectivity index (χ1v) is 16.3. The normalized spacial score (nSPS) is 30.7. The summed E-state index contributed by atoms with van der Waals surface area (Å²) < 4.78 is 34.3. The fourth-order valence-electron chi connectivity index (χ4n) is 6.68. The van der Waals surface area contributed by atoms with Gasteiger partial charge in [0.15, 0.2) is 0 Å². The topological polar surface area (TPSA) is 95.9 Å². The maximum Gasteiger partial charge on any atom is 0.264 e. The number of aliphatic hydroxyl groups is 1. The predicted molar refractivity (Wildman–Crippen MR) is 152 cm³/mol. The molecule has 7 nitrogen and oxygen atoms in total. The number of halogens is 1. The summed E-state index contributed by atoms with van der Waals surface area (Å²) in [5, 5.41) is 11.8. The second-order valence-electron chi connectivity index (χ2n) is 11.9. The van der Waals surface area contributed by atoms with E-state index in [1.807, 2.05) is 18.2 Å². The van der Waals surface area contributed by atoms with Gasteiger partial charge in [0.05, 0.1) is 17.5 Å². The van der Waals surface area contributed by atoms with E-state index in [2.05, 4.69) is 9.62 Å². The smallest absolute Gasteiger partial charge is 0.264 e. The zero-order valence-corrected chi connectivity index (χ0v) is 23.7. The van der Waals surface area contributed by atoms with Crippen molar-refractivity contribution in [3.8, 4) is 5.75 Å². The van der Waals surface area contributed by atoms with Crippen molar-refractivity contribution in [3.05, 3.63) is 58.1 Å². The van der Waals surface area contributed by atoms with Crippen LogP contribution in [0.3, 0.4) is 0 Å². The van der Waals surface area contributed by atoms with Crippen molar-refractivity contribution in [3.63, 3.8) is 0 Å². The number of rotatable bonds is 0. The predicted octanol–water partition coefficient (Wildman–Crippen LogP) is 4.94. The highest BCUT2D eigenvalue weighted by atomic mass is 35.5. The Hall–Kier alpha value is -2.29. The molecule has 5 atom stereocenters. The SMILES string of the molecule is O=C1NS(=O)(=O)C[C@@H]2CC2CC[C@H](O)[C@@H]2CC[C@H]2CN2CCCCc3cc(Cl)ccc3COc3ccc1cc32. The Bertz CT molecular complexity index is 1350. The summed E-state index contributed by atoms with van der Waals surface area (Å²) in [6.45, 7) is 1.92. The summed E-state index contributed by atoms with van der Waals surface area (Å²) in [6.07, 6.45) is 6.95. The number of anilines is 1. The summed E-state index contributed by atoms with van der Waals surface area (Å²) in [7, 11) is -3.76. The minimum atomic E-state index is -3.76. The molecule has 9 heteroatoms. The van der Waals surface area contributed by atoms with E-state index in [4.69, 9.17) is 16.3 Å². The van der Waals surface area contributed by atoms with Gasteiger partial charge in [-0.2, -0.15) is 0 Å². The molecule has 2 heterocycles. The number of hydrogen-bond donors (Lipinski definition) is 2. The van der Waals surface area contributed by atoms with Crippen molar-refractivity contribution >= 4 is 33.2 Å². The molecule has 1 unspecified atom stereocenters. The Labute approximate surface area is 235 Å². The van der Waals surface area contributed by atoms with Gasteiger partial charge in [0, 0.05) is 23.7 Å². The van der Waals surface area contributed by atoms with Crippen LogP contribution in [-0.4, -0.2) is 44.4 Å². The number of ether oxygens (including phenoxy) is 1. The second kappa shape index (κ2) is 10.9. The van der Waals surface area contributed by atoms with Crippen LogP contribution in [0.2, 0.25) is 5.02 Å². The highest BCUT2D eigenvalue weighted by molar-refractivity contribution is 7.90. The average Bonchev–Trinajstić information content (AvgIpc) is 3.61. The zero-order chi connectivity index (χ0) is 27.1. The second-order valence-corrected chi connectivity index (χ2v) is 14.1. The van der Waals surface area contributed by atoms with Crippen LogP contribution in [0.15, 0.2) is 36.4 Å². The van der Waals surface area contributed by atoms with E-state index < -0.39 is 15.9 Å². The molecule has 0 radical (unpaired) electrons. The molecule has 39 heavy (non-hydrogen) atoms. The van der Waals surface area contributed by atoms with E-state index in [9.17, 15) is 18.3 Å². The highest BCUT2D eigenvalue weighted by Gasteiger charge is 2.43. The first-order valence-electron chi connectivity index (χ1n) is 14.3. The number of aryl methyl sites for hydroxylation is 1. The van der Waals surface area contributed by atoms with Crippen molar-refractivity contribution in [2.75, 3.05) is 23.7 Å². The van der Waals surface area contributed by atoms with Crippen LogP contribution < -0.4 is 14.4 Å². The molecule has 2 saturated carbocycles. The fraction of sp³-hybridized carbons (Fsp3) is 0.567. The summed E-state index contributed by atoms with van der Waals surface area (Å²) in [5.41, 5.74) is 3.37. The van der Waals surface area contributed by atoms with Gasteiger partial charge in [0.2, 0.25) is 10.0 Å². The molecule has 0 spiro atoms. The first-order chi connectivity index (χ1) is 18.8. The number of sulfonamides is 1. The average molecular weight is 573 g/mol. The maximum atomic E-state index is 13.1. The third-order valence-corrected chi connectivity index (χ3v) is 10.8. The molecule has 2 fully saturated rings. The molecule has 0 saturated heterocycles. The van der Waals surface area contributed by atoms with Crippen LogP contribution in [-0.2, 0) is 23.1 Å². The molecular weight excluding hydrogens is 536 g/mol. The van der Waals surface area contributed by atoms with E-state index in [0.717, 1.165) is 69.3 Å². The van der Waals surface area contributed by atoms with Gasteiger partial charge < -0.3 is 14.7 Å². The third-order valence-electron chi connectivity index (χ3n) is 9.25. The summed E-state index contributed by atoms with van der Waals surface area (Å²) >= 11 is 6.29. The number of fused-ring (bicyclic) bond motifs is 4. The molecule has 1 amide bonds. The molecular formula is C30H37ClN2O5S. The van der Waals surface area contributed by atoms with Crippen molar-refractivity contribution in [2.45, 2.75) is 64.1 Å². The van der Waals surface area contributed by atoms with Crippen LogP contribution in [0.25, 0.3) is 0 Å². The summed E-state index contributed by atoms with van der Waals surface area (Å²) in [6, 6.07) is 11.1. The van der Waals surface area contributed by atoms with Crippen LogP contribution in [0.4, 0.5) is 5.69 Å². The molecule has 2 bridgehead atoms. The van der Waals surface area contributed by atoms with E-state index in [-0.39, 0.29) is 23.7 Å². The zero-order valence-electron chi connectivity index (χ0n) is 22.1. The molecule has 2 aromatic rings. The molecule has 6 rings (SSSR count). The molecule has 2 aliphatic heterocycles. The van der Waals surface area contributed by atoms with E-state index in [1.54, 1.807) is 18.2 Å². The molecule has 2 N–H and O–H groups in total. The number of nitrogens with one attached hydrogen (secondary N) is 1. The van der Waals surface area contributed by atoms with Crippen LogP contribution in [0.1, 0.15) is 66.4 Å². The Morgan fingerprint density at radius 1 is 0.974 bits per heavy atom. The van der Waals surface area contributed by atoms with Gasteiger partial charge in [-0.15, -0.1) is 0 Å². The number of carbonyl (C=O) groups excluding carboxylic acids is 1. The van der Waals surface area contributed by atoms with Gasteiger partial charge in [-0.1, -0.05) is 17.7 Å². The fourth-order valence-corrected chi connectivity index (χ4v) is 8.33. The van der Waals surface area contributed by atoms with Crippen molar-refractivity contribution in [1.82, 2.24) is 4.72 Å². The number of hydrogen-bond acceptors (Lipinski definition) is 6. The number of aliphatic hydroxyl groups excluding tert-OH is 1. The molecule has 210 valence electrons. The van der Waals surface area contributed by atoms with Gasteiger partial charge in [-0.3, -0.25) is 4.79 Å². The Kier molecular flexibility index (Phi) is 7.55. The summed E-state index contributed by atoms with van der Waals surface area (Å²) in [4.78, 5) is 15.4. The maximum absolute atomic E-state index is 13.1. The highest BCUT2D eigenvalue weighted by Crippen LogP contribution is 2.46. The lowest BCUT2D eigenvalue weighted by atomic mass is 9.69. The third kappa shape index (κ3) is 6.08. The standard InChI is InChI=1S/C30H37ClN2O5S/c31-25-8-4-23-17-38-29-11-7-21-15-27(29)33(12-2-1-3-19(23)14-25)16-22-5-9-26(22)28(34)10-6-20-13-24(20)18-39(36,37)32-30(21)35/h4,7-8,11,14-15,20,22,24,26,28,34H,1-3,5-6,9-10,12-13,16-18H2,(H,32,35)/t20?,22-,24-,26+,28-/m0/s1. The van der Waals surface area contributed by atoms with E-state index in [1.165, 1.54) is 5.56 Å². The Morgan fingerprint density at radius 2 is 1.82 bits per heavy atom. The van der Waals surface area contributed by atoms with Gasteiger partial charge in [0.1, 0.15) is 12.4 Å². The molecule has 0 aromatic heterocycles. The van der Waals surface area contributed by atoms with Crippen LogP contribution in [0, 0.1) is 23.7 Å². The van der Waals surface area contributed by atoms with Crippen molar-refractivity contribution in [1.29, 1.82) is 0 Å². The first kappa shape index (κ1) is 26.9. The van der Waals surface area contributed by atoms with Crippen molar-refractivity contribution in [2.24, 2.45) is 23.7 Å². The Balaban J connectivity index is 1.35. The Morgan fingerprint density at radius 3 is 2.64 bits per heavy atom. The molecule has 4 aliphatic rings. The number of amides is 1. The van der Waals surface area contributed by atoms with Gasteiger partial charge in [-0.05, 0) is 116 Å². The lowest BCUT2D eigenvalue weighted by Gasteiger charge is -2.43. The number of benzene rings is 2. The lowest BCUT2D eigenvalue weighted by molar-refractivity contribution is 0.00868. The number of carbonyl (C=O) groups is 1. The lowest BCUT2D eigenvalue weighted by Crippen LogP contribution is -2.44. The van der Waals surface area contributed by atoms with Crippen molar-refractivity contribution < 1.29 is 23.1 Å². The van der Waals surface area contributed by atoms with E-state index in [0.29, 0.717) is 41.2 Å². The van der Waals surface area contributed by atoms with Crippen LogP contribution in [0.5, 0.6) is 5.75 Å². The van der Waals surface area contributed by atoms with Gasteiger partial charge in [0.25, 0.3) is 5.91 Å². The molecule has 2 aromatic carbocycles. The summed E-state index contributed by atoms with van der Waals surface area (Å²) in [5.74, 6) is 1.00. The monoisotopic (exact) mass is 572 g/mol. The quantitative estimate of drug-likeness (QED) is 0.464. The number of nitrogens with zero attached hydrogens (tertiary/aromatic N) is 1. The van der Waals surface area contributed by atoms with Gasteiger partial charge in [-0.25, -0.2) is 13.1 Å². The minimum absolute atomic E-state index is 0.0465. The minimum Gasteiger partial charge on any atom is -0.487 e. The molecule has 2 aliphatic carbocycles. The van der Waals surface area contributed by atoms with E-state index >= 15 is 0 Å². The van der Waals surface area contributed by atoms with Gasteiger partial charge >= 0.3 is 0 Å². The van der Waals surface area contributed by atoms with Crippen LogP contribution >= 0.6 is 11.6 Å². The largest absolute Gasteiger partial charge is 0.487 e.